The molecule has 1 fully saturated rings. The van der Waals surface area contributed by atoms with E-state index in [1.807, 2.05) is 35.2 Å². The Morgan fingerprint density at radius 2 is 1.65 bits per heavy atom. The van der Waals surface area contributed by atoms with Gasteiger partial charge in [-0.25, -0.2) is 0 Å². The van der Waals surface area contributed by atoms with Crippen molar-refractivity contribution >= 4 is 17.7 Å². The summed E-state index contributed by atoms with van der Waals surface area (Å²) in [6.07, 6.45) is 0. The summed E-state index contributed by atoms with van der Waals surface area (Å²) in [6.45, 7) is 10.6. The molecule has 1 N–H and O–H groups in total. The van der Waals surface area contributed by atoms with Crippen LogP contribution in [0.25, 0.3) is 0 Å². The Morgan fingerprint density at radius 1 is 1.08 bits per heavy atom. The maximum atomic E-state index is 13.5. The van der Waals surface area contributed by atoms with Gasteiger partial charge in [0.25, 0.3) is 0 Å². The van der Waals surface area contributed by atoms with Gasteiger partial charge in [0.1, 0.15) is 10.6 Å². The minimum atomic E-state index is -0.488. The van der Waals surface area contributed by atoms with E-state index in [1.165, 1.54) is 0 Å². The van der Waals surface area contributed by atoms with Crippen molar-refractivity contribution in [2.75, 3.05) is 0 Å². The number of hydrogen-bond acceptors (Lipinski definition) is 3. The SMILES string of the molecule is CC(c1ccccc1)N1C(=O)C(C(C)(C)C)SC1(C)c1ccc(O)cc1. The summed E-state index contributed by atoms with van der Waals surface area (Å²) in [5.74, 6) is 0.413. The van der Waals surface area contributed by atoms with Gasteiger partial charge < -0.3 is 10.0 Å². The first kappa shape index (κ1) is 18.8. The average molecular weight is 370 g/mol. The predicted molar refractivity (Wildman–Crippen MR) is 108 cm³/mol. The van der Waals surface area contributed by atoms with Crippen LogP contribution in [0, 0.1) is 5.41 Å². The molecule has 0 aromatic heterocycles. The lowest BCUT2D eigenvalue weighted by Crippen LogP contribution is -2.43. The third kappa shape index (κ3) is 3.23. The zero-order valence-corrected chi connectivity index (χ0v) is 16.9. The number of phenols is 1. The molecule has 3 atom stereocenters. The van der Waals surface area contributed by atoms with E-state index in [9.17, 15) is 9.90 Å². The molecule has 1 amide bonds. The highest BCUT2D eigenvalue weighted by Crippen LogP contribution is 2.56. The summed E-state index contributed by atoms with van der Waals surface area (Å²) in [4.78, 5) is 15.0. The first-order valence-corrected chi connectivity index (χ1v) is 9.88. The molecule has 1 aliphatic rings. The molecule has 0 bridgehead atoms. The molecule has 0 radical (unpaired) electrons. The Labute approximate surface area is 160 Å². The molecule has 3 rings (SSSR count). The van der Waals surface area contributed by atoms with E-state index in [1.54, 1.807) is 23.9 Å². The number of rotatable bonds is 3. The van der Waals surface area contributed by atoms with E-state index in [4.69, 9.17) is 0 Å². The Bertz CT molecular complexity index is 782. The first-order chi connectivity index (χ1) is 12.1. The predicted octanol–water partition coefficient (Wildman–Crippen LogP) is 5.32. The number of aromatic hydroxyl groups is 1. The summed E-state index contributed by atoms with van der Waals surface area (Å²) in [6, 6.07) is 17.4. The molecule has 4 heteroatoms. The monoisotopic (exact) mass is 369 g/mol. The van der Waals surface area contributed by atoms with Crippen LogP contribution in [0.1, 0.15) is 51.8 Å². The average Bonchev–Trinajstić information content (AvgIpc) is 2.88. The summed E-state index contributed by atoms with van der Waals surface area (Å²) in [7, 11) is 0. The number of carbonyl (C=O) groups excluding carboxylic acids is 1. The molecule has 1 saturated heterocycles. The number of phenolic OH excluding ortho intramolecular Hbond substituents is 1. The van der Waals surface area contributed by atoms with Crippen molar-refractivity contribution in [2.24, 2.45) is 5.41 Å². The van der Waals surface area contributed by atoms with E-state index >= 15 is 0 Å². The van der Waals surface area contributed by atoms with Gasteiger partial charge in [-0.1, -0.05) is 63.2 Å². The fourth-order valence-electron chi connectivity index (χ4n) is 3.64. The molecule has 1 aliphatic heterocycles. The smallest absolute Gasteiger partial charge is 0.238 e. The number of hydrogen-bond donors (Lipinski definition) is 1. The summed E-state index contributed by atoms with van der Waals surface area (Å²) < 4.78 is 0. The van der Waals surface area contributed by atoms with Crippen LogP contribution in [-0.2, 0) is 9.67 Å². The van der Waals surface area contributed by atoms with Gasteiger partial charge in [-0.05, 0) is 42.5 Å². The highest BCUT2D eigenvalue weighted by atomic mass is 32.2. The fraction of sp³-hybridized carbons (Fsp3) is 0.409. The lowest BCUT2D eigenvalue weighted by Gasteiger charge is -2.39. The lowest BCUT2D eigenvalue weighted by molar-refractivity contribution is -0.136. The van der Waals surface area contributed by atoms with Crippen LogP contribution in [-0.4, -0.2) is 21.2 Å². The van der Waals surface area contributed by atoms with Crippen molar-refractivity contribution in [3.8, 4) is 5.75 Å². The molecule has 2 aromatic rings. The number of benzene rings is 2. The molecule has 1 heterocycles. The van der Waals surface area contributed by atoms with E-state index < -0.39 is 4.87 Å². The summed E-state index contributed by atoms with van der Waals surface area (Å²) >= 11 is 1.71. The van der Waals surface area contributed by atoms with Crippen molar-refractivity contribution in [1.29, 1.82) is 0 Å². The molecule has 0 aliphatic carbocycles. The van der Waals surface area contributed by atoms with Gasteiger partial charge in [0.05, 0.1) is 11.3 Å². The van der Waals surface area contributed by atoms with Gasteiger partial charge in [-0.15, -0.1) is 11.8 Å². The van der Waals surface area contributed by atoms with Crippen LogP contribution in [0.2, 0.25) is 0 Å². The van der Waals surface area contributed by atoms with Crippen molar-refractivity contribution < 1.29 is 9.90 Å². The second kappa shape index (κ2) is 6.66. The minimum absolute atomic E-state index is 0.0395. The molecule has 0 spiro atoms. The number of thioether (sulfide) groups is 1. The van der Waals surface area contributed by atoms with E-state index in [0.29, 0.717) is 0 Å². The summed E-state index contributed by atoms with van der Waals surface area (Å²) in [5, 5.41) is 9.56. The van der Waals surface area contributed by atoms with Crippen LogP contribution in [0.3, 0.4) is 0 Å². The molecule has 26 heavy (non-hydrogen) atoms. The fourth-order valence-corrected chi connectivity index (χ4v) is 5.30. The maximum Gasteiger partial charge on any atom is 0.238 e. The highest BCUT2D eigenvalue weighted by Gasteiger charge is 2.54. The van der Waals surface area contributed by atoms with Crippen LogP contribution in [0.4, 0.5) is 0 Å². The van der Waals surface area contributed by atoms with Gasteiger partial charge in [-0.3, -0.25) is 4.79 Å². The third-order valence-corrected chi connectivity index (χ3v) is 7.16. The van der Waals surface area contributed by atoms with Crippen LogP contribution >= 0.6 is 11.8 Å². The van der Waals surface area contributed by atoms with Crippen molar-refractivity contribution in [1.82, 2.24) is 4.90 Å². The first-order valence-electron chi connectivity index (χ1n) is 9.00. The molecule has 138 valence electrons. The molecular formula is C22H27NO2S. The molecule has 2 aromatic carbocycles. The van der Waals surface area contributed by atoms with Crippen molar-refractivity contribution in [3.63, 3.8) is 0 Å². The van der Waals surface area contributed by atoms with Gasteiger partial charge in [-0.2, -0.15) is 0 Å². The Hall–Kier alpha value is -1.94. The number of nitrogens with zero attached hydrogens (tertiary/aromatic N) is 1. The molecule has 0 saturated carbocycles. The lowest BCUT2D eigenvalue weighted by atomic mass is 9.90. The normalized spacial score (nSPS) is 24.7. The minimum Gasteiger partial charge on any atom is -0.508 e. The Balaban J connectivity index is 2.10. The van der Waals surface area contributed by atoms with Crippen molar-refractivity contribution in [2.45, 2.75) is 50.8 Å². The van der Waals surface area contributed by atoms with E-state index in [-0.39, 0.29) is 28.4 Å². The van der Waals surface area contributed by atoms with Crippen LogP contribution in [0.15, 0.2) is 54.6 Å². The second-order valence-electron chi connectivity index (χ2n) is 8.19. The molecular weight excluding hydrogens is 342 g/mol. The quantitative estimate of drug-likeness (QED) is 0.796. The number of amides is 1. The number of carbonyl (C=O) groups is 1. The van der Waals surface area contributed by atoms with E-state index in [0.717, 1.165) is 11.1 Å². The highest BCUT2D eigenvalue weighted by molar-refractivity contribution is 8.02. The Kier molecular flexibility index (Phi) is 4.82. The maximum absolute atomic E-state index is 13.5. The largest absolute Gasteiger partial charge is 0.508 e. The summed E-state index contributed by atoms with van der Waals surface area (Å²) in [5.41, 5.74) is 2.02. The molecule has 3 unspecified atom stereocenters. The van der Waals surface area contributed by atoms with Gasteiger partial charge in [0, 0.05) is 0 Å². The molecule has 3 nitrogen and oxygen atoms in total. The zero-order chi connectivity index (χ0) is 19.1. The van der Waals surface area contributed by atoms with Gasteiger partial charge in [0.2, 0.25) is 5.91 Å². The van der Waals surface area contributed by atoms with Gasteiger partial charge in [0.15, 0.2) is 0 Å². The standard InChI is InChI=1S/C22H27NO2S/c1-15(16-9-7-6-8-10-16)23-20(25)19(21(2,3)4)26-22(23,5)17-11-13-18(24)14-12-17/h6-15,19,24H,1-5H3. The van der Waals surface area contributed by atoms with Gasteiger partial charge >= 0.3 is 0 Å². The van der Waals surface area contributed by atoms with Crippen molar-refractivity contribution in [3.05, 3.63) is 65.7 Å². The zero-order valence-electron chi connectivity index (χ0n) is 16.1. The second-order valence-corrected chi connectivity index (χ2v) is 9.69. The third-order valence-electron chi connectivity index (χ3n) is 5.13. The topological polar surface area (TPSA) is 40.5 Å². The van der Waals surface area contributed by atoms with E-state index in [2.05, 4.69) is 46.8 Å². The Morgan fingerprint density at radius 3 is 2.19 bits per heavy atom. The van der Waals surface area contributed by atoms with Crippen LogP contribution < -0.4 is 0 Å². The van der Waals surface area contributed by atoms with Crippen LogP contribution in [0.5, 0.6) is 5.75 Å².